The zero-order chi connectivity index (χ0) is 26.7. The minimum atomic E-state index is -3.97. The van der Waals surface area contributed by atoms with E-state index in [2.05, 4.69) is 15.5 Å². The number of nitrogens with zero attached hydrogens (tertiary/aromatic N) is 3. The second-order valence-electron chi connectivity index (χ2n) is 8.41. The first-order chi connectivity index (χ1) is 17.7. The number of amides is 1. The van der Waals surface area contributed by atoms with Crippen molar-refractivity contribution < 1.29 is 27.4 Å². The maximum absolute atomic E-state index is 13.5. The summed E-state index contributed by atoms with van der Waals surface area (Å²) in [6.07, 6.45) is 0.610. The molecule has 1 aliphatic rings. The normalized spacial score (nSPS) is 14.8. The minimum absolute atomic E-state index is 0.0599. The van der Waals surface area contributed by atoms with Gasteiger partial charge >= 0.3 is 0 Å². The Morgan fingerprint density at radius 1 is 1.05 bits per heavy atom. The largest absolute Gasteiger partial charge is 0.490 e. The number of nitrogens with one attached hydrogen (secondary N) is 1. The van der Waals surface area contributed by atoms with E-state index in [0.717, 1.165) is 22.5 Å². The zero-order valence-corrected chi connectivity index (χ0v) is 23.0. The average Bonchev–Trinajstić information content (AvgIpc) is 3.45. The number of hydrogen-bond donors (Lipinski definition) is 1. The van der Waals surface area contributed by atoms with Gasteiger partial charge in [0.15, 0.2) is 11.5 Å². The van der Waals surface area contributed by atoms with Crippen LogP contribution in [0.15, 0.2) is 34.7 Å². The fraction of sp³-hybridized carbons (Fsp3) is 0.400. The minimum Gasteiger partial charge on any atom is -0.490 e. The van der Waals surface area contributed by atoms with E-state index >= 15 is 0 Å². The summed E-state index contributed by atoms with van der Waals surface area (Å²) in [5, 5.41) is 10.5. The van der Waals surface area contributed by atoms with Gasteiger partial charge in [-0.2, -0.15) is 8.42 Å². The van der Waals surface area contributed by atoms with E-state index in [1.165, 1.54) is 4.31 Å². The van der Waals surface area contributed by atoms with Crippen LogP contribution in [0.3, 0.4) is 0 Å². The summed E-state index contributed by atoms with van der Waals surface area (Å²) >= 11 is 0.800. The summed E-state index contributed by atoms with van der Waals surface area (Å²) in [5.74, 6) is 0.652. The lowest BCUT2D eigenvalue weighted by Gasteiger charge is -2.22. The number of rotatable bonds is 10. The van der Waals surface area contributed by atoms with Crippen molar-refractivity contribution in [3.8, 4) is 17.2 Å². The van der Waals surface area contributed by atoms with Gasteiger partial charge in [0.25, 0.3) is 20.3 Å². The van der Waals surface area contributed by atoms with Crippen molar-refractivity contribution in [3.05, 3.63) is 47.0 Å². The van der Waals surface area contributed by atoms with E-state index in [-0.39, 0.29) is 21.1 Å². The molecule has 1 N–H and O–H groups in total. The molecule has 37 heavy (non-hydrogen) atoms. The first-order valence-electron chi connectivity index (χ1n) is 12.0. The molecule has 1 atom stereocenters. The lowest BCUT2D eigenvalue weighted by atomic mass is 10.1. The Labute approximate surface area is 220 Å². The van der Waals surface area contributed by atoms with Gasteiger partial charge in [0, 0.05) is 11.6 Å². The van der Waals surface area contributed by atoms with E-state index in [0.29, 0.717) is 49.2 Å². The molecule has 2 heterocycles. The molecule has 2 aromatic carbocycles. The first-order valence-corrected chi connectivity index (χ1v) is 14.3. The highest BCUT2D eigenvalue weighted by Crippen LogP contribution is 2.40. The smallest absolute Gasteiger partial charge is 0.293 e. The topological polar surface area (TPSA) is 120 Å². The SMILES string of the molecule is CCOc1cc(C(=O)Nc2nnc(S(=O)(=O)N3c4cc(C)ccc4CC3C)s2)cc(OCC)c1OCC. The molecule has 12 heteroatoms. The number of anilines is 2. The monoisotopic (exact) mass is 546 g/mol. The van der Waals surface area contributed by atoms with Gasteiger partial charge in [0.2, 0.25) is 10.9 Å². The molecule has 4 rings (SSSR count). The van der Waals surface area contributed by atoms with Gasteiger partial charge in [0.05, 0.1) is 25.5 Å². The Morgan fingerprint density at radius 3 is 2.32 bits per heavy atom. The molecule has 0 aliphatic carbocycles. The standard InChI is InChI=1S/C25H30N4O6S2/c1-6-33-20-13-18(14-21(34-7-2)22(20)35-8-3)23(30)26-24-27-28-25(36-24)37(31,32)29-16(5)12-17-10-9-15(4)11-19(17)29/h9-11,13-14,16H,6-8,12H2,1-5H3,(H,26,27,30). The Balaban J connectivity index is 1.60. The van der Waals surface area contributed by atoms with Crippen LogP contribution in [-0.2, 0) is 16.4 Å². The maximum Gasteiger partial charge on any atom is 0.293 e. The van der Waals surface area contributed by atoms with Crippen LogP contribution in [-0.4, -0.2) is 50.4 Å². The molecule has 10 nitrogen and oxygen atoms in total. The van der Waals surface area contributed by atoms with Gasteiger partial charge in [0.1, 0.15) is 0 Å². The molecule has 0 saturated carbocycles. The van der Waals surface area contributed by atoms with Crippen molar-refractivity contribution in [2.75, 3.05) is 29.4 Å². The molecule has 0 spiro atoms. The number of sulfonamides is 1. The van der Waals surface area contributed by atoms with Crippen molar-refractivity contribution in [1.29, 1.82) is 0 Å². The third-order valence-corrected chi connectivity index (χ3v) is 8.78. The van der Waals surface area contributed by atoms with E-state index in [1.54, 1.807) is 12.1 Å². The van der Waals surface area contributed by atoms with E-state index < -0.39 is 15.9 Å². The molecule has 1 amide bonds. The van der Waals surface area contributed by atoms with E-state index in [1.807, 2.05) is 52.8 Å². The lowest BCUT2D eigenvalue weighted by Crippen LogP contribution is -2.35. The Hall–Kier alpha value is -3.38. The predicted molar refractivity (Wildman–Crippen MR) is 142 cm³/mol. The van der Waals surface area contributed by atoms with Crippen LogP contribution in [0.4, 0.5) is 10.8 Å². The van der Waals surface area contributed by atoms with Gasteiger partial charge < -0.3 is 14.2 Å². The Morgan fingerprint density at radius 2 is 1.70 bits per heavy atom. The second kappa shape index (κ2) is 10.9. The van der Waals surface area contributed by atoms with Gasteiger partial charge in [-0.1, -0.05) is 23.5 Å². The van der Waals surface area contributed by atoms with Crippen LogP contribution in [0.2, 0.25) is 0 Å². The number of carbonyl (C=O) groups is 1. The number of benzene rings is 2. The molecule has 1 aliphatic heterocycles. The van der Waals surface area contributed by atoms with Crippen molar-refractivity contribution >= 4 is 38.1 Å². The quantitative estimate of drug-likeness (QED) is 0.371. The summed E-state index contributed by atoms with van der Waals surface area (Å²) in [6, 6.07) is 8.62. The number of carbonyl (C=O) groups excluding carboxylic acids is 1. The Bertz CT molecular complexity index is 1380. The second-order valence-corrected chi connectivity index (χ2v) is 11.4. The first kappa shape index (κ1) is 26.7. The van der Waals surface area contributed by atoms with Crippen LogP contribution in [0.1, 0.15) is 49.2 Å². The van der Waals surface area contributed by atoms with Gasteiger partial charge in [-0.25, -0.2) is 0 Å². The highest BCUT2D eigenvalue weighted by atomic mass is 32.2. The van der Waals surface area contributed by atoms with Crippen molar-refractivity contribution in [1.82, 2.24) is 10.2 Å². The molecule has 1 aromatic heterocycles. The van der Waals surface area contributed by atoms with Crippen LogP contribution >= 0.6 is 11.3 Å². The number of aromatic nitrogens is 2. The van der Waals surface area contributed by atoms with Gasteiger partial charge in [-0.3, -0.25) is 14.4 Å². The van der Waals surface area contributed by atoms with Crippen LogP contribution in [0.5, 0.6) is 17.2 Å². The molecule has 1 unspecified atom stereocenters. The Kier molecular flexibility index (Phi) is 7.88. The molecule has 0 saturated heterocycles. The molecular weight excluding hydrogens is 516 g/mol. The molecule has 0 fully saturated rings. The summed E-state index contributed by atoms with van der Waals surface area (Å²) < 4.78 is 45.2. The molecular formula is C25H30N4O6S2. The fourth-order valence-electron chi connectivity index (χ4n) is 4.19. The third kappa shape index (κ3) is 5.35. The summed E-state index contributed by atoms with van der Waals surface area (Å²) in [7, 11) is -3.97. The summed E-state index contributed by atoms with van der Waals surface area (Å²) in [5.41, 5.74) is 2.82. The lowest BCUT2D eigenvalue weighted by molar-refractivity contribution is 0.102. The summed E-state index contributed by atoms with van der Waals surface area (Å²) in [4.78, 5) is 13.1. The van der Waals surface area contributed by atoms with Crippen LogP contribution in [0, 0.1) is 6.92 Å². The highest BCUT2D eigenvalue weighted by Gasteiger charge is 2.38. The van der Waals surface area contributed by atoms with Gasteiger partial charge in [-0.05, 0) is 70.4 Å². The van der Waals surface area contributed by atoms with Gasteiger partial charge in [-0.15, -0.1) is 10.2 Å². The predicted octanol–water partition coefficient (Wildman–Crippen LogP) is 4.43. The molecule has 3 aromatic rings. The maximum atomic E-state index is 13.5. The summed E-state index contributed by atoms with van der Waals surface area (Å²) in [6.45, 7) is 10.4. The van der Waals surface area contributed by atoms with Crippen molar-refractivity contribution in [3.63, 3.8) is 0 Å². The number of ether oxygens (including phenoxy) is 3. The van der Waals surface area contributed by atoms with E-state index in [9.17, 15) is 13.2 Å². The fourth-order valence-corrected chi connectivity index (χ4v) is 6.86. The van der Waals surface area contributed by atoms with E-state index in [4.69, 9.17) is 14.2 Å². The third-order valence-electron chi connectivity index (χ3n) is 5.67. The molecule has 198 valence electrons. The average molecular weight is 547 g/mol. The van der Waals surface area contributed by atoms with Crippen LogP contribution < -0.4 is 23.8 Å². The van der Waals surface area contributed by atoms with Crippen LogP contribution in [0.25, 0.3) is 0 Å². The molecule has 0 radical (unpaired) electrons. The van der Waals surface area contributed by atoms with Crippen molar-refractivity contribution in [2.24, 2.45) is 0 Å². The highest BCUT2D eigenvalue weighted by molar-refractivity contribution is 7.94. The molecule has 0 bridgehead atoms. The zero-order valence-electron chi connectivity index (χ0n) is 21.4. The van der Waals surface area contributed by atoms with Crippen molar-refractivity contribution in [2.45, 2.75) is 51.4 Å². The number of hydrogen-bond acceptors (Lipinski definition) is 9. The number of aryl methyl sites for hydroxylation is 1. The number of fused-ring (bicyclic) bond motifs is 1.